The minimum Gasteiger partial charge on any atom is -0.339 e. The van der Waals surface area contributed by atoms with Crippen LogP contribution in [0.25, 0.3) is 0 Å². The van der Waals surface area contributed by atoms with Gasteiger partial charge in [-0.05, 0) is 44.1 Å². The smallest absolute Gasteiger partial charge is 0.226 e. The number of hydrogen-bond acceptors (Lipinski definition) is 4. The van der Waals surface area contributed by atoms with Gasteiger partial charge in [0.25, 0.3) is 0 Å². The van der Waals surface area contributed by atoms with Crippen LogP contribution in [0.3, 0.4) is 0 Å². The molecule has 1 N–H and O–H groups in total. The van der Waals surface area contributed by atoms with Crippen molar-refractivity contribution in [1.82, 2.24) is 15.5 Å². The van der Waals surface area contributed by atoms with Crippen molar-refractivity contribution in [1.29, 1.82) is 0 Å². The van der Waals surface area contributed by atoms with E-state index < -0.39 is 0 Å². The van der Waals surface area contributed by atoms with Crippen LogP contribution in [0.15, 0.2) is 4.52 Å². The van der Waals surface area contributed by atoms with Crippen LogP contribution < -0.4 is 5.32 Å². The van der Waals surface area contributed by atoms with Gasteiger partial charge in [-0.25, -0.2) is 0 Å². The summed E-state index contributed by atoms with van der Waals surface area (Å²) in [7, 11) is 0. The molecule has 0 spiro atoms. The lowest BCUT2D eigenvalue weighted by Gasteiger charge is -2.17. The first-order valence-corrected chi connectivity index (χ1v) is 7.78. The minimum absolute atomic E-state index is 0.548. The molecule has 19 heavy (non-hydrogen) atoms. The third-order valence-electron chi connectivity index (χ3n) is 4.67. The second-order valence-electron chi connectivity index (χ2n) is 6.54. The molecule has 2 fully saturated rings. The van der Waals surface area contributed by atoms with E-state index in [0.717, 1.165) is 42.9 Å². The van der Waals surface area contributed by atoms with Gasteiger partial charge in [0.15, 0.2) is 5.82 Å². The third kappa shape index (κ3) is 2.99. The molecule has 0 amide bonds. The zero-order valence-corrected chi connectivity index (χ0v) is 12.1. The van der Waals surface area contributed by atoms with Gasteiger partial charge in [-0.2, -0.15) is 4.98 Å². The van der Waals surface area contributed by atoms with Crippen molar-refractivity contribution in [2.24, 2.45) is 11.8 Å². The van der Waals surface area contributed by atoms with Crippen molar-refractivity contribution in [2.75, 3.05) is 6.54 Å². The Balaban J connectivity index is 1.49. The van der Waals surface area contributed by atoms with Gasteiger partial charge >= 0.3 is 0 Å². The minimum atomic E-state index is 0.548. The average Bonchev–Trinajstić information content (AvgIpc) is 3.09. The molecule has 1 aromatic heterocycles. The van der Waals surface area contributed by atoms with Crippen molar-refractivity contribution in [3.63, 3.8) is 0 Å². The van der Waals surface area contributed by atoms with E-state index in [1.807, 2.05) is 0 Å². The Morgan fingerprint density at radius 1 is 1.32 bits per heavy atom. The largest absolute Gasteiger partial charge is 0.339 e. The number of nitrogens with zero attached hydrogens (tertiary/aromatic N) is 2. The van der Waals surface area contributed by atoms with Crippen LogP contribution in [0.4, 0.5) is 0 Å². The average molecular weight is 263 g/mol. The molecule has 2 aliphatic carbocycles. The van der Waals surface area contributed by atoms with Crippen LogP contribution in [0.1, 0.15) is 63.6 Å². The van der Waals surface area contributed by atoms with Gasteiger partial charge in [-0.3, -0.25) is 0 Å². The molecule has 4 heteroatoms. The lowest BCUT2D eigenvalue weighted by atomic mass is 9.88. The topological polar surface area (TPSA) is 51.0 Å². The quantitative estimate of drug-likeness (QED) is 0.802. The molecule has 1 aromatic rings. The molecular weight excluding hydrogens is 238 g/mol. The van der Waals surface area contributed by atoms with Crippen molar-refractivity contribution in [2.45, 2.75) is 64.3 Å². The zero-order valence-electron chi connectivity index (χ0n) is 12.1. The maximum Gasteiger partial charge on any atom is 0.226 e. The summed E-state index contributed by atoms with van der Waals surface area (Å²) in [6, 6.07) is 0.548. The summed E-state index contributed by atoms with van der Waals surface area (Å²) in [5.41, 5.74) is 0. The molecule has 0 saturated heterocycles. The predicted molar refractivity (Wildman–Crippen MR) is 73.9 cm³/mol. The summed E-state index contributed by atoms with van der Waals surface area (Å²) in [4.78, 5) is 4.62. The summed E-state index contributed by atoms with van der Waals surface area (Å²) in [6.07, 6.45) is 7.44. The Kier molecular flexibility index (Phi) is 3.87. The lowest BCUT2D eigenvalue weighted by Crippen LogP contribution is -2.23. The molecule has 0 aliphatic heterocycles. The monoisotopic (exact) mass is 263 g/mol. The van der Waals surface area contributed by atoms with Gasteiger partial charge in [-0.1, -0.05) is 25.4 Å². The van der Waals surface area contributed by atoms with Crippen LogP contribution in [-0.2, 0) is 6.42 Å². The zero-order chi connectivity index (χ0) is 13.2. The van der Waals surface area contributed by atoms with Crippen LogP contribution in [-0.4, -0.2) is 22.7 Å². The first-order valence-electron chi connectivity index (χ1n) is 7.78. The molecule has 0 radical (unpaired) electrons. The fourth-order valence-electron chi connectivity index (χ4n) is 3.71. The van der Waals surface area contributed by atoms with Crippen LogP contribution >= 0.6 is 0 Å². The summed E-state index contributed by atoms with van der Waals surface area (Å²) in [5, 5.41) is 7.63. The molecule has 3 atom stereocenters. The second-order valence-corrected chi connectivity index (χ2v) is 6.54. The molecule has 106 valence electrons. The molecule has 2 bridgehead atoms. The lowest BCUT2D eigenvalue weighted by molar-refractivity contribution is 0.349. The van der Waals surface area contributed by atoms with Gasteiger partial charge in [0.2, 0.25) is 5.89 Å². The predicted octanol–water partition coefficient (Wildman–Crippen LogP) is 2.90. The van der Waals surface area contributed by atoms with E-state index in [0.29, 0.717) is 12.0 Å². The Labute approximate surface area is 115 Å². The first-order chi connectivity index (χ1) is 9.22. The highest BCUT2D eigenvalue weighted by Gasteiger charge is 2.42. The van der Waals surface area contributed by atoms with E-state index in [2.05, 4.69) is 29.3 Å². The number of aryl methyl sites for hydroxylation is 1. The van der Waals surface area contributed by atoms with E-state index in [-0.39, 0.29) is 0 Å². The van der Waals surface area contributed by atoms with Crippen LogP contribution in [0.5, 0.6) is 0 Å². The molecule has 3 rings (SSSR count). The van der Waals surface area contributed by atoms with E-state index in [1.54, 1.807) is 0 Å². The number of nitrogens with one attached hydrogen (secondary N) is 1. The maximum atomic E-state index is 5.40. The van der Waals surface area contributed by atoms with Gasteiger partial charge in [0.05, 0.1) is 0 Å². The number of rotatable bonds is 6. The normalized spacial score (nSPS) is 29.5. The van der Waals surface area contributed by atoms with E-state index in [4.69, 9.17) is 4.52 Å². The molecule has 3 unspecified atom stereocenters. The molecule has 4 nitrogen and oxygen atoms in total. The molecule has 1 heterocycles. The SMILES string of the molecule is CC(C)NCCCc1nc(C2CC3CCC2C3)no1. The van der Waals surface area contributed by atoms with E-state index in [9.17, 15) is 0 Å². The third-order valence-corrected chi connectivity index (χ3v) is 4.67. The van der Waals surface area contributed by atoms with Crippen LogP contribution in [0, 0.1) is 11.8 Å². The highest BCUT2D eigenvalue weighted by atomic mass is 16.5. The maximum absolute atomic E-state index is 5.40. The Hall–Kier alpha value is -0.900. The van der Waals surface area contributed by atoms with Gasteiger partial charge in [0.1, 0.15) is 0 Å². The highest BCUT2D eigenvalue weighted by Crippen LogP contribution is 2.52. The highest BCUT2D eigenvalue weighted by molar-refractivity contribution is 5.06. The fraction of sp³-hybridized carbons (Fsp3) is 0.867. The summed E-state index contributed by atoms with van der Waals surface area (Å²) >= 11 is 0. The standard InChI is InChI=1S/C15H25N3O/c1-10(2)16-7-3-4-14-17-15(18-19-14)13-9-11-5-6-12(13)8-11/h10-13,16H,3-9H2,1-2H3. The van der Waals surface area contributed by atoms with Gasteiger partial charge < -0.3 is 9.84 Å². The van der Waals surface area contributed by atoms with Crippen molar-refractivity contribution in [3.8, 4) is 0 Å². The summed E-state index contributed by atoms with van der Waals surface area (Å²) in [6.45, 7) is 5.35. The number of hydrogen-bond donors (Lipinski definition) is 1. The van der Waals surface area contributed by atoms with Crippen LogP contribution in [0.2, 0.25) is 0 Å². The Bertz CT molecular complexity index is 415. The molecule has 0 aromatic carbocycles. The van der Waals surface area contributed by atoms with Crippen molar-refractivity contribution in [3.05, 3.63) is 11.7 Å². The van der Waals surface area contributed by atoms with Crippen molar-refractivity contribution >= 4 is 0 Å². The number of fused-ring (bicyclic) bond motifs is 2. The second kappa shape index (κ2) is 5.61. The van der Waals surface area contributed by atoms with Crippen molar-refractivity contribution < 1.29 is 4.52 Å². The molecule has 2 aliphatic rings. The van der Waals surface area contributed by atoms with Gasteiger partial charge in [0, 0.05) is 18.4 Å². The van der Waals surface area contributed by atoms with E-state index in [1.165, 1.54) is 25.7 Å². The Morgan fingerprint density at radius 3 is 2.89 bits per heavy atom. The first kappa shape index (κ1) is 13.1. The summed E-state index contributed by atoms with van der Waals surface area (Å²) in [5.74, 6) is 4.16. The number of aromatic nitrogens is 2. The Morgan fingerprint density at radius 2 is 2.21 bits per heavy atom. The molecular formula is C15H25N3O. The van der Waals surface area contributed by atoms with E-state index >= 15 is 0 Å². The summed E-state index contributed by atoms with van der Waals surface area (Å²) < 4.78 is 5.40. The molecule has 2 saturated carbocycles. The fourth-order valence-corrected chi connectivity index (χ4v) is 3.71. The van der Waals surface area contributed by atoms with Gasteiger partial charge in [-0.15, -0.1) is 0 Å².